The molecule has 1 heterocycles. The van der Waals surface area contributed by atoms with Crippen LogP contribution in [0.3, 0.4) is 0 Å². The van der Waals surface area contributed by atoms with E-state index >= 15 is 0 Å². The van der Waals surface area contributed by atoms with Crippen LogP contribution in [0.1, 0.15) is 20.3 Å². The lowest BCUT2D eigenvalue weighted by molar-refractivity contribution is -0.135. The van der Waals surface area contributed by atoms with Gasteiger partial charge in [-0.15, -0.1) is 0 Å². The van der Waals surface area contributed by atoms with Gasteiger partial charge in [0.15, 0.2) is 0 Å². The lowest BCUT2D eigenvalue weighted by atomic mass is 9.98. The summed E-state index contributed by atoms with van der Waals surface area (Å²) in [5.74, 6) is -0.302. The number of carbonyl (C=O) groups excluding carboxylic acids is 1. The summed E-state index contributed by atoms with van der Waals surface area (Å²) in [7, 11) is 1.38. The Labute approximate surface area is 72.4 Å². The first-order valence-corrected chi connectivity index (χ1v) is 3.99. The minimum absolute atomic E-state index is 0.297. The highest BCUT2D eigenvalue weighted by molar-refractivity contribution is 5.83. The maximum Gasteiger partial charge on any atom is 0.330 e. The maximum atomic E-state index is 10.9. The summed E-state index contributed by atoms with van der Waals surface area (Å²) < 4.78 is 9.96. The number of hydrogen-bond acceptors (Lipinski definition) is 3. The van der Waals surface area contributed by atoms with Crippen LogP contribution in [0.2, 0.25) is 0 Å². The first-order chi connectivity index (χ1) is 5.56. The summed E-state index contributed by atoms with van der Waals surface area (Å²) in [6.45, 7) is 4.60. The quantitative estimate of drug-likeness (QED) is 0.439. The largest absolute Gasteiger partial charge is 0.466 e. The molecule has 1 aliphatic rings. The van der Waals surface area contributed by atoms with Gasteiger partial charge in [0.25, 0.3) is 0 Å². The molecule has 0 atom stereocenters. The zero-order chi connectivity index (χ0) is 9.19. The van der Waals surface area contributed by atoms with Crippen LogP contribution >= 0.6 is 0 Å². The molecule has 0 radical (unpaired) electrons. The third-order valence-electron chi connectivity index (χ3n) is 2.10. The van der Waals surface area contributed by atoms with Crippen LogP contribution < -0.4 is 0 Å². The van der Waals surface area contributed by atoms with Crippen LogP contribution in [0.5, 0.6) is 0 Å². The minimum Gasteiger partial charge on any atom is -0.466 e. The van der Waals surface area contributed by atoms with E-state index < -0.39 is 0 Å². The molecule has 0 spiro atoms. The molecule has 0 aliphatic carbocycles. The molecule has 0 N–H and O–H groups in total. The molecule has 0 aromatic rings. The van der Waals surface area contributed by atoms with E-state index in [4.69, 9.17) is 4.74 Å². The molecule has 0 aromatic heterocycles. The summed E-state index contributed by atoms with van der Waals surface area (Å²) >= 11 is 0. The van der Waals surface area contributed by atoms with Gasteiger partial charge in [0.2, 0.25) is 0 Å². The second-order valence-electron chi connectivity index (χ2n) is 3.30. The summed E-state index contributed by atoms with van der Waals surface area (Å²) in [4.78, 5) is 10.9. The molecule has 1 fully saturated rings. The Hall–Kier alpha value is -0.830. The number of ether oxygens (including phenoxy) is 2. The zero-order valence-corrected chi connectivity index (χ0v) is 7.72. The van der Waals surface area contributed by atoms with Gasteiger partial charge in [-0.05, 0) is 25.8 Å². The number of esters is 1. The highest BCUT2D eigenvalue weighted by Crippen LogP contribution is 2.30. The highest BCUT2D eigenvalue weighted by Gasteiger charge is 2.30. The van der Waals surface area contributed by atoms with E-state index in [2.05, 4.69) is 4.74 Å². The molecule has 3 heteroatoms. The van der Waals surface area contributed by atoms with Gasteiger partial charge in [-0.3, -0.25) is 0 Å². The van der Waals surface area contributed by atoms with Crippen LogP contribution in [0.15, 0.2) is 11.6 Å². The number of methoxy groups -OCH3 is 1. The standard InChI is InChI=1S/C9H14O3/c1-9(2)7(4-5-12-9)6-8(10)11-3/h6H,4-5H2,1-3H3/b7-6-. The molecule has 3 nitrogen and oxygen atoms in total. The minimum atomic E-state index is -0.302. The predicted octanol–water partition coefficient (Wildman–Crippen LogP) is 1.28. The fourth-order valence-corrected chi connectivity index (χ4v) is 1.26. The van der Waals surface area contributed by atoms with Crippen molar-refractivity contribution in [1.82, 2.24) is 0 Å². The van der Waals surface area contributed by atoms with Crippen LogP contribution in [0.4, 0.5) is 0 Å². The monoisotopic (exact) mass is 170 g/mol. The van der Waals surface area contributed by atoms with Gasteiger partial charge >= 0.3 is 5.97 Å². The Bertz CT molecular complexity index is 216. The van der Waals surface area contributed by atoms with E-state index in [1.165, 1.54) is 13.2 Å². The Balaban J connectivity index is 2.74. The van der Waals surface area contributed by atoms with Gasteiger partial charge in [0.1, 0.15) is 0 Å². The molecular formula is C9H14O3. The van der Waals surface area contributed by atoms with Crippen molar-refractivity contribution in [2.24, 2.45) is 0 Å². The zero-order valence-electron chi connectivity index (χ0n) is 7.72. The normalized spacial score (nSPS) is 24.4. The lowest BCUT2D eigenvalue weighted by Crippen LogP contribution is -2.20. The van der Waals surface area contributed by atoms with Crippen LogP contribution in [-0.4, -0.2) is 25.3 Å². The van der Waals surface area contributed by atoms with Crippen molar-refractivity contribution in [1.29, 1.82) is 0 Å². The second kappa shape index (κ2) is 3.27. The van der Waals surface area contributed by atoms with Crippen molar-refractivity contribution in [2.45, 2.75) is 25.9 Å². The van der Waals surface area contributed by atoms with Crippen molar-refractivity contribution in [2.75, 3.05) is 13.7 Å². The van der Waals surface area contributed by atoms with Gasteiger partial charge in [-0.1, -0.05) is 0 Å². The summed E-state index contributed by atoms with van der Waals surface area (Å²) in [6, 6.07) is 0. The van der Waals surface area contributed by atoms with Gasteiger partial charge in [0.05, 0.1) is 19.3 Å². The number of rotatable bonds is 1. The number of hydrogen-bond donors (Lipinski definition) is 0. The number of carbonyl (C=O) groups is 1. The topological polar surface area (TPSA) is 35.5 Å². The molecule has 68 valence electrons. The average Bonchev–Trinajstić information content (AvgIpc) is 2.31. The first kappa shape index (κ1) is 9.26. The first-order valence-electron chi connectivity index (χ1n) is 3.99. The fourth-order valence-electron chi connectivity index (χ4n) is 1.26. The molecule has 1 saturated heterocycles. The van der Waals surface area contributed by atoms with Crippen LogP contribution in [0, 0.1) is 0 Å². The summed E-state index contributed by atoms with van der Waals surface area (Å²) in [5.41, 5.74) is 0.711. The Kier molecular flexibility index (Phi) is 2.52. The van der Waals surface area contributed by atoms with Gasteiger partial charge in [-0.25, -0.2) is 4.79 Å². The predicted molar refractivity (Wildman–Crippen MR) is 44.7 cm³/mol. The van der Waals surface area contributed by atoms with E-state index in [9.17, 15) is 4.79 Å². The van der Waals surface area contributed by atoms with Crippen LogP contribution in [-0.2, 0) is 14.3 Å². The molecule has 1 rings (SSSR count). The molecule has 0 aromatic carbocycles. The van der Waals surface area contributed by atoms with Crippen molar-refractivity contribution >= 4 is 5.97 Å². The molecule has 0 saturated carbocycles. The molecule has 1 aliphatic heterocycles. The smallest absolute Gasteiger partial charge is 0.330 e. The van der Waals surface area contributed by atoms with E-state index in [1.54, 1.807) is 0 Å². The molecule has 12 heavy (non-hydrogen) atoms. The Morgan fingerprint density at radius 3 is 2.75 bits per heavy atom. The average molecular weight is 170 g/mol. The third-order valence-corrected chi connectivity index (χ3v) is 2.10. The summed E-state index contributed by atoms with van der Waals surface area (Å²) in [6.07, 6.45) is 2.34. The molecule has 0 unspecified atom stereocenters. The Morgan fingerprint density at radius 1 is 1.67 bits per heavy atom. The van der Waals surface area contributed by atoms with Crippen molar-refractivity contribution in [3.8, 4) is 0 Å². The second-order valence-corrected chi connectivity index (χ2v) is 3.30. The molecule has 0 bridgehead atoms. The van der Waals surface area contributed by atoms with Crippen LogP contribution in [0.25, 0.3) is 0 Å². The highest BCUT2D eigenvalue weighted by atomic mass is 16.5. The van der Waals surface area contributed by atoms with E-state index in [0.717, 1.165) is 12.0 Å². The maximum absolute atomic E-state index is 10.9. The van der Waals surface area contributed by atoms with Crippen molar-refractivity contribution in [3.63, 3.8) is 0 Å². The van der Waals surface area contributed by atoms with Crippen molar-refractivity contribution in [3.05, 3.63) is 11.6 Å². The van der Waals surface area contributed by atoms with Gasteiger partial charge < -0.3 is 9.47 Å². The van der Waals surface area contributed by atoms with E-state index in [1.807, 2.05) is 13.8 Å². The van der Waals surface area contributed by atoms with E-state index in [0.29, 0.717) is 6.61 Å². The third kappa shape index (κ3) is 1.85. The van der Waals surface area contributed by atoms with E-state index in [-0.39, 0.29) is 11.6 Å². The lowest BCUT2D eigenvalue weighted by Gasteiger charge is -2.18. The fraction of sp³-hybridized carbons (Fsp3) is 0.667. The van der Waals surface area contributed by atoms with Gasteiger partial charge in [-0.2, -0.15) is 0 Å². The molecule has 0 amide bonds. The molecular weight excluding hydrogens is 156 g/mol. The SMILES string of the molecule is COC(=O)/C=C1/CCOC1(C)C. The van der Waals surface area contributed by atoms with Crippen molar-refractivity contribution < 1.29 is 14.3 Å². The summed E-state index contributed by atoms with van der Waals surface area (Å²) in [5, 5.41) is 0. The van der Waals surface area contributed by atoms with Gasteiger partial charge in [0, 0.05) is 6.08 Å². The Morgan fingerprint density at radius 2 is 2.33 bits per heavy atom.